The van der Waals surface area contributed by atoms with Crippen LogP contribution >= 0.6 is 0 Å². The summed E-state index contributed by atoms with van der Waals surface area (Å²) in [4.78, 5) is 38.6. The first-order valence-corrected chi connectivity index (χ1v) is 7.59. The van der Waals surface area contributed by atoms with Crippen molar-refractivity contribution in [2.75, 3.05) is 0 Å². The van der Waals surface area contributed by atoms with Crippen LogP contribution in [0, 0.1) is 12.8 Å². The average Bonchev–Trinajstić information content (AvgIpc) is 2.76. The lowest BCUT2D eigenvalue weighted by atomic mass is 9.93. The van der Waals surface area contributed by atoms with Crippen LogP contribution in [0.15, 0.2) is 0 Å². The number of carbonyl (C=O) groups is 3. The molecule has 0 spiro atoms. The number of hydrogen-bond donors (Lipinski definition) is 3. The molecule has 0 aromatic carbocycles. The molecule has 3 N–H and O–H groups in total. The third-order valence-corrected chi connectivity index (χ3v) is 3.97. The number of ketones is 1. The molecule has 1 aromatic heterocycles. The molecule has 1 unspecified atom stereocenters. The van der Waals surface area contributed by atoms with Gasteiger partial charge in [0.25, 0.3) is 5.91 Å². The standard InChI is InChI=1S/C16H22N2O4/c1-8(2)7-11(16(21)22)18-15(20)14-9(3)13-10(17-14)5-4-6-12(13)19/h8,11,17H,4-7H2,1-3H3,(H,18,20)(H,21,22). The molecule has 1 atom stereocenters. The number of fused-ring (bicyclic) bond motifs is 1. The molecular weight excluding hydrogens is 284 g/mol. The van der Waals surface area contributed by atoms with Crippen molar-refractivity contribution in [1.82, 2.24) is 10.3 Å². The maximum Gasteiger partial charge on any atom is 0.326 e. The summed E-state index contributed by atoms with van der Waals surface area (Å²) < 4.78 is 0. The van der Waals surface area contributed by atoms with E-state index in [9.17, 15) is 19.5 Å². The molecule has 1 aliphatic rings. The van der Waals surface area contributed by atoms with Gasteiger partial charge in [-0.2, -0.15) is 0 Å². The summed E-state index contributed by atoms with van der Waals surface area (Å²) >= 11 is 0. The molecule has 0 bridgehead atoms. The minimum Gasteiger partial charge on any atom is -0.480 e. The lowest BCUT2D eigenvalue weighted by Gasteiger charge is -2.16. The van der Waals surface area contributed by atoms with E-state index < -0.39 is 17.9 Å². The van der Waals surface area contributed by atoms with Crippen molar-refractivity contribution < 1.29 is 19.5 Å². The first-order valence-electron chi connectivity index (χ1n) is 7.59. The number of Topliss-reactive ketones (excluding diaryl/α,β-unsaturated/α-hetero) is 1. The summed E-state index contributed by atoms with van der Waals surface area (Å²) in [6, 6.07) is -0.928. The van der Waals surface area contributed by atoms with Crippen molar-refractivity contribution in [1.29, 1.82) is 0 Å². The molecule has 6 nitrogen and oxygen atoms in total. The normalized spacial score (nSPS) is 15.5. The minimum atomic E-state index is -1.05. The summed E-state index contributed by atoms with van der Waals surface area (Å²) in [5, 5.41) is 11.8. The van der Waals surface area contributed by atoms with Crippen molar-refractivity contribution in [2.45, 2.75) is 52.5 Å². The van der Waals surface area contributed by atoms with E-state index in [1.54, 1.807) is 6.92 Å². The van der Waals surface area contributed by atoms with Gasteiger partial charge in [-0.1, -0.05) is 13.8 Å². The number of aliphatic carboxylic acids is 1. The molecule has 0 aliphatic heterocycles. The second-order valence-corrected chi connectivity index (χ2v) is 6.25. The maximum absolute atomic E-state index is 12.4. The predicted octanol–water partition coefficient (Wildman–Crippen LogP) is 2.07. The Bertz CT molecular complexity index is 616. The molecule has 0 saturated heterocycles. The van der Waals surface area contributed by atoms with Gasteiger partial charge >= 0.3 is 5.97 Å². The second kappa shape index (κ2) is 6.34. The molecule has 2 rings (SSSR count). The molecule has 1 aromatic rings. The number of H-pyrrole nitrogens is 1. The number of carboxylic acid groups (broad SMARTS) is 1. The fourth-order valence-corrected chi connectivity index (χ4v) is 2.92. The Labute approximate surface area is 129 Å². The van der Waals surface area contributed by atoms with Gasteiger partial charge in [0, 0.05) is 17.7 Å². The van der Waals surface area contributed by atoms with Crippen LogP contribution in [0.4, 0.5) is 0 Å². The fourth-order valence-electron chi connectivity index (χ4n) is 2.92. The highest BCUT2D eigenvalue weighted by atomic mass is 16.4. The zero-order valence-electron chi connectivity index (χ0n) is 13.2. The fraction of sp³-hybridized carbons (Fsp3) is 0.562. The number of hydrogen-bond acceptors (Lipinski definition) is 3. The van der Waals surface area contributed by atoms with Crippen molar-refractivity contribution in [3.63, 3.8) is 0 Å². The van der Waals surface area contributed by atoms with Crippen molar-refractivity contribution in [3.8, 4) is 0 Å². The molecule has 1 aliphatic carbocycles. The zero-order valence-corrected chi connectivity index (χ0v) is 13.2. The van der Waals surface area contributed by atoms with Gasteiger partial charge in [0.15, 0.2) is 5.78 Å². The third kappa shape index (κ3) is 3.21. The van der Waals surface area contributed by atoms with E-state index in [1.807, 2.05) is 13.8 Å². The van der Waals surface area contributed by atoms with Crippen molar-refractivity contribution in [2.24, 2.45) is 5.92 Å². The lowest BCUT2D eigenvalue weighted by molar-refractivity contribution is -0.139. The molecule has 0 fully saturated rings. The van der Waals surface area contributed by atoms with Crippen molar-refractivity contribution >= 4 is 17.7 Å². The molecule has 22 heavy (non-hydrogen) atoms. The van der Waals surface area contributed by atoms with Crippen LogP contribution in [-0.4, -0.2) is 33.8 Å². The molecule has 0 radical (unpaired) electrons. The number of carboxylic acids is 1. The average molecular weight is 306 g/mol. The van der Waals surface area contributed by atoms with Crippen molar-refractivity contribution in [3.05, 3.63) is 22.5 Å². The van der Waals surface area contributed by atoms with E-state index in [1.165, 1.54) is 0 Å². The van der Waals surface area contributed by atoms with E-state index in [-0.39, 0.29) is 11.7 Å². The Morgan fingerprint density at radius 2 is 2.00 bits per heavy atom. The van der Waals surface area contributed by atoms with Gasteiger partial charge in [-0.25, -0.2) is 4.79 Å². The van der Waals surface area contributed by atoms with Gasteiger partial charge in [-0.05, 0) is 37.7 Å². The maximum atomic E-state index is 12.4. The molecule has 6 heteroatoms. The van der Waals surface area contributed by atoms with E-state index in [0.29, 0.717) is 29.7 Å². The SMILES string of the molecule is Cc1c(C(=O)NC(CC(C)C)C(=O)O)[nH]c2c1C(=O)CCC2. The molecular formula is C16H22N2O4. The molecule has 1 heterocycles. The first kappa shape index (κ1) is 16.3. The highest BCUT2D eigenvalue weighted by molar-refractivity contribution is 6.04. The number of amides is 1. The van der Waals surface area contributed by atoms with Gasteiger partial charge in [0.05, 0.1) is 0 Å². The van der Waals surface area contributed by atoms with E-state index >= 15 is 0 Å². The first-order chi connectivity index (χ1) is 10.3. The third-order valence-electron chi connectivity index (χ3n) is 3.97. The van der Waals surface area contributed by atoms with Gasteiger partial charge in [-0.3, -0.25) is 9.59 Å². The van der Waals surface area contributed by atoms with E-state index in [4.69, 9.17) is 0 Å². The predicted molar refractivity (Wildman–Crippen MR) is 81.1 cm³/mol. The van der Waals surface area contributed by atoms with Gasteiger partial charge in [0.1, 0.15) is 11.7 Å². The Morgan fingerprint density at radius 3 is 2.55 bits per heavy atom. The summed E-state index contributed by atoms with van der Waals surface area (Å²) in [7, 11) is 0. The van der Waals surface area contributed by atoms with Crippen LogP contribution in [-0.2, 0) is 11.2 Å². The monoisotopic (exact) mass is 306 g/mol. The van der Waals surface area contributed by atoms with E-state index in [0.717, 1.165) is 18.5 Å². The van der Waals surface area contributed by atoms with Crippen LogP contribution in [0.25, 0.3) is 0 Å². The number of nitrogens with one attached hydrogen (secondary N) is 2. The molecule has 120 valence electrons. The molecule has 1 amide bonds. The van der Waals surface area contributed by atoms with Crippen LogP contribution in [0.1, 0.15) is 65.2 Å². The Balaban J connectivity index is 2.23. The van der Waals surface area contributed by atoms with Crippen LogP contribution in [0.2, 0.25) is 0 Å². The summed E-state index contributed by atoms with van der Waals surface area (Å²) in [6.07, 6.45) is 2.37. The number of aromatic amines is 1. The second-order valence-electron chi connectivity index (χ2n) is 6.25. The topological polar surface area (TPSA) is 99.3 Å². The zero-order chi connectivity index (χ0) is 16.4. The Hall–Kier alpha value is -2.11. The van der Waals surface area contributed by atoms with Gasteiger partial charge in [-0.15, -0.1) is 0 Å². The van der Waals surface area contributed by atoms with E-state index in [2.05, 4.69) is 10.3 Å². The Morgan fingerprint density at radius 1 is 1.32 bits per heavy atom. The lowest BCUT2D eigenvalue weighted by Crippen LogP contribution is -2.42. The minimum absolute atomic E-state index is 0.0472. The van der Waals surface area contributed by atoms with Crippen LogP contribution in [0.3, 0.4) is 0 Å². The largest absolute Gasteiger partial charge is 0.480 e. The number of carbonyl (C=O) groups excluding carboxylic acids is 2. The summed E-state index contributed by atoms with van der Waals surface area (Å²) in [5.41, 5.74) is 2.31. The highest BCUT2D eigenvalue weighted by Crippen LogP contribution is 2.26. The van der Waals surface area contributed by atoms with Crippen LogP contribution < -0.4 is 5.32 Å². The van der Waals surface area contributed by atoms with Gasteiger partial charge in [0.2, 0.25) is 0 Å². The quantitative estimate of drug-likeness (QED) is 0.775. The smallest absolute Gasteiger partial charge is 0.326 e. The number of aromatic nitrogens is 1. The summed E-state index contributed by atoms with van der Waals surface area (Å²) in [5.74, 6) is -1.31. The highest BCUT2D eigenvalue weighted by Gasteiger charge is 2.28. The summed E-state index contributed by atoms with van der Waals surface area (Å²) in [6.45, 7) is 5.53. The molecule has 0 saturated carbocycles. The number of rotatable bonds is 5. The van der Waals surface area contributed by atoms with Gasteiger partial charge < -0.3 is 15.4 Å². The number of aryl methyl sites for hydroxylation is 1. The van der Waals surface area contributed by atoms with Crippen LogP contribution in [0.5, 0.6) is 0 Å². The Kier molecular flexibility index (Phi) is 4.68.